The molecule has 1 atom stereocenters. The number of halogens is 3. The van der Waals surface area contributed by atoms with E-state index >= 15 is 0 Å². The van der Waals surface area contributed by atoms with Crippen molar-refractivity contribution in [2.45, 2.75) is 18.2 Å². The molecule has 1 amide bonds. The first-order valence-electron chi connectivity index (χ1n) is 5.47. The van der Waals surface area contributed by atoms with E-state index in [1.54, 1.807) is 0 Å². The molecule has 1 aromatic carbocycles. The van der Waals surface area contributed by atoms with Gasteiger partial charge in [0.15, 0.2) is 11.6 Å². The van der Waals surface area contributed by atoms with Crippen molar-refractivity contribution in [1.82, 2.24) is 4.90 Å². The maximum Gasteiger partial charge on any atom is 0.256 e. The average molecular weight is 260 g/mol. The van der Waals surface area contributed by atoms with Gasteiger partial charge in [0.05, 0.1) is 10.9 Å². The summed E-state index contributed by atoms with van der Waals surface area (Å²) in [4.78, 5) is 13.5. The molecular weight excluding hydrogens is 248 g/mol. The molecule has 0 radical (unpaired) electrons. The van der Waals surface area contributed by atoms with Crippen molar-refractivity contribution in [3.63, 3.8) is 0 Å². The number of alkyl halides is 1. The molecule has 1 heterocycles. The summed E-state index contributed by atoms with van der Waals surface area (Å²) < 4.78 is 26.5. The summed E-state index contributed by atoms with van der Waals surface area (Å²) in [5.41, 5.74) is -0.226. The SMILES string of the molecule is O=C(c1cccc(F)c1F)N1CCCC(Cl)C1. The van der Waals surface area contributed by atoms with Gasteiger partial charge in [-0.15, -0.1) is 11.6 Å². The Kier molecular flexibility index (Phi) is 3.62. The van der Waals surface area contributed by atoms with E-state index in [0.29, 0.717) is 13.1 Å². The fourth-order valence-electron chi connectivity index (χ4n) is 1.95. The van der Waals surface area contributed by atoms with Gasteiger partial charge in [-0.2, -0.15) is 0 Å². The van der Waals surface area contributed by atoms with Crippen molar-refractivity contribution < 1.29 is 13.6 Å². The third kappa shape index (κ3) is 2.57. The van der Waals surface area contributed by atoms with Gasteiger partial charge in [-0.05, 0) is 25.0 Å². The predicted octanol–water partition coefficient (Wildman–Crippen LogP) is 2.81. The quantitative estimate of drug-likeness (QED) is 0.710. The summed E-state index contributed by atoms with van der Waals surface area (Å²) in [6.45, 7) is 0.925. The van der Waals surface area contributed by atoms with E-state index in [1.165, 1.54) is 17.0 Å². The number of rotatable bonds is 1. The predicted molar refractivity (Wildman–Crippen MR) is 61.1 cm³/mol. The van der Waals surface area contributed by atoms with Gasteiger partial charge in [-0.3, -0.25) is 4.79 Å². The highest BCUT2D eigenvalue weighted by molar-refractivity contribution is 6.21. The van der Waals surface area contributed by atoms with Gasteiger partial charge in [0.1, 0.15) is 0 Å². The molecule has 1 unspecified atom stereocenters. The van der Waals surface area contributed by atoms with Gasteiger partial charge in [-0.1, -0.05) is 6.07 Å². The molecule has 0 aliphatic carbocycles. The summed E-state index contributed by atoms with van der Waals surface area (Å²) >= 11 is 5.95. The lowest BCUT2D eigenvalue weighted by atomic mass is 10.1. The molecule has 2 rings (SSSR count). The summed E-state index contributed by atoms with van der Waals surface area (Å²) in [6, 6.07) is 3.61. The highest BCUT2D eigenvalue weighted by Gasteiger charge is 2.25. The van der Waals surface area contributed by atoms with Crippen molar-refractivity contribution in [3.05, 3.63) is 35.4 Å². The third-order valence-electron chi connectivity index (χ3n) is 2.83. The van der Waals surface area contributed by atoms with E-state index in [4.69, 9.17) is 11.6 Å². The van der Waals surface area contributed by atoms with Crippen LogP contribution < -0.4 is 0 Å². The zero-order valence-electron chi connectivity index (χ0n) is 9.13. The second-order valence-corrected chi connectivity index (χ2v) is 4.71. The van der Waals surface area contributed by atoms with Crippen molar-refractivity contribution >= 4 is 17.5 Å². The van der Waals surface area contributed by atoms with Gasteiger partial charge in [-0.25, -0.2) is 8.78 Å². The monoisotopic (exact) mass is 259 g/mol. The third-order valence-corrected chi connectivity index (χ3v) is 3.19. The van der Waals surface area contributed by atoms with Gasteiger partial charge >= 0.3 is 0 Å². The summed E-state index contributed by atoms with van der Waals surface area (Å²) in [5, 5.41) is -0.107. The van der Waals surface area contributed by atoms with Crippen LogP contribution in [0.2, 0.25) is 0 Å². The Morgan fingerprint density at radius 2 is 2.18 bits per heavy atom. The van der Waals surface area contributed by atoms with Gasteiger partial charge in [0.25, 0.3) is 5.91 Å². The summed E-state index contributed by atoms with van der Waals surface area (Å²) in [7, 11) is 0. The Morgan fingerprint density at radius 3 is 2.88 bits per heavy atom. The fourth-order valence-corrected chi connectivity index (χ4v) is 2.27. The Labute approximate surface area is 103 Å². The molecule has 0 aromatic heterocycles. The Hall–Kier alpha value is -1.16. The van der Waals surface area contributed by atoms with E-state index in [9.17, 15) is 13.6 Å². The van der Waals surface area contributed by atoms with Crippen molar-refractivity contribution in [2.75, 3.05) is 13.1 Å². The van der Waals surface area contributed by atoms with Crippen LogP contribution in [-0.2, 0) is 0 Å². The highest BCUT2D eigenvalue weighted by atomic mass is 35.5. The molecule has 1 aliphatic heterocycles. The zero-order chi connectivity index (χ0) is 12.4. The Bertz CT molecular complexity index is 439. The number of hydrogen-bond acceptors (Lipinski definition) is 1. The molecule has 5 heteroatoms. The van der Waals surface area contributed by atoms with Gasteiger partial charge in [0.2, 0.25) is 0 Å². The molecule has 1 saturated heterocycles. The number of carbonyl (C=O) groups is 1. The van der Waals surface area contributed by atoms with Crippen LogP contribution in [-0.4, -0.2) is 29.3 Å². The van der Waals surface area contributed by atoms with Crippen LogP contribution in [0, 0.1) is 11.6 Å². The topological polar surface area (TPSA) is 20.3 Å². The normalized spacial score (nSPS) is 20.4. The maximum absolute atomic E-state index is 13.4. The number of amides is 1. The van der Waals surface area contributed by atoms with Crippen molar-refractivity contribution in [3.8, 4) is 0 Å². The minimum atomic E-state index is -1.09. The molecule has 1 aliphatic rings. The molecule has 2 nitrogen and oxygen atoms in total. The van der Waals surface area contributed by atoms with Crippen LogP contribution in [0.5, 0.6) is 0 Å². The van der Waals surface area contributed by atoms with E-state index < -0.39 is 17.5 Å². The second-order valence-electron chi connectivity index (χ2n) is 4.09. The molecule has 0 N–H and O–H groups in total. The molecule has 0 bridgehead atoms. The van der Waals surface area contributed by atoms with Crippen LogP contribution >= 0.6 is 11.6 Å². The lowest BCUT2D eigenvalue weighted by molar-refractivity contribution is 0.0721. The Morgan fingerprint density at radius 1 is 1.41 bits per heavy atom. The van der Waals surface area contributed by atoms with E-state index in [-0.39, 0.29) is 10.9 Å². The first kappa shape index (κ1) is 12.3. The zero-order valence-corrected chi connectivity index (χ0v) is 9.88. The minimum absolute atomic E-state index is 0.107. The number of carbonyl (C=O) groups excluding carboxylic acids is 1. The Balaban J connectivity index is 2.22. The number of likely N-dealkylation sites (tertiary alicyclic amines) is 1. The van der Waals surface area contributed by atoms with Crippen LogP contribution in [0.3, 0.4) is 0 Å². The van der Waals surface area contributed by atoms with Crippen molar-refractivity contribution in [2.24, 2.45) is 0 Å². The molecule has 0 saturated carbocycles. The van der Waals surface area contributed by atoms with Crippen LogP contribution in [0.25, 0.3) is 0 Å². The minimum Gasteiger partial charge on any atom is -0.337 e. The summed E-state index contributed by atoms with van der Waals surface area (Å²) in [5.74, 6) is -2.59. The van der Waals surface area contributed by atoms with E-state index in [0.717, 1.165) is 18.9 Å². The summed E-state index contributed by atoms with van der Waals surface area (Å²) in [6.07, 6.45) is 1.63. The standard InChI is InChI=1S/C12H12ClF2NO/c13-8-3-2-6-16(7-8)12(17)9-4-1-5-10(14)11(9)15/h1,4-5,8H,2-3,6-7H2. The van der Waals surface area contributed by atoms with E-state index in [1.807, 2.05) is 0 Å². The van der Waals surface area contributed by atoms with Gasteiger partial charge < -0.3 is 4.90 Å². The second kappa shape index (κ2) is 5.00. The van der Waals surface area contributed by atoms with Crippen molar-refractivity contribution in [1.29, 1.82) is 0 Å². The molecule has 92 valence electrons. The highest BCUT2D eigenvalue weighted by Crippen LogP contribution is 2.19. The molecule has 1 aromatic rings. The molecular formula is C12H12ClF2NO. The van der Waals surface area contributed by atoms with Crippen LogP contribution in [0.4, 0.5) is 8.78 Å². The maximum atomic E-state index is 13.4. The average Bonchev–Trinajstić information content (AvgIpc) is 2.32. The molecule has 0 spiro atoms. The number of benzene rings is 1. The smallest absolute Gasteiger partial charge is 0.256 e. The number of nitrogens with zero attached hydrogens (tertiary/aromatic N) is 1. The lowest BCUT2D eigenvalue weighted by Crippen LogP contribution is -2.40. The fraction of sp³-hybridized carbons (Fsp3) is 0.417. The first-order valence-corrected chi connectivity index (χ1v) is 5.90. The van der Waals surface area contributed by atoms with Crippen LogP contribution in [0.1, 0.15) is 23.2 Å². The first-order chi connectivity index (χ1) is 8.09. The molecule has 1 fully saturated rings. The van der Waals surface area contributed by atoms with Gasteiger partial charge in [0, 0.05) is 13.1 Å². The number of piperidine rings is 1. The van der Waals surface area contributed by atoms with Crippen LogP contribution in [0.15, 0.2) is 18.2 Å². The van der Waals surface area contributed by atoms with E-state index in [2.05, 4.69) is 0 Å². The number of hydrogen-bond donors (Lipinski definition) is 0. The largest absolute Gasteiger partial charge is 0.337 e. The molecule has 17 heavy (non-hydrogen) atoms. The lowest BCUT2D eigenvalue weighted by Gasteiger charge is -2.29.